The normalized spacial score (nSPS) is 41.2. The van der Waals surface area contributed by atoms with E-state index in [0.717, 1.165) is 5.92 Å². The van der Waals surface area contributed by atoms with Crippen LogP contribution in [0.1, 0.15) is 40.0 Å². The summed E-state index contributed by atoms with van der Waals surface area (Å²) in [7, 11) is 0. The molecule has 0 spiro atoms. The molecule has 2 fully saturated rings. The Kier molecular flexibility index (Phi) is 2.70. The fourth-order valence-corrected chi connectivity index (χ4v) is 3.46. The maximum atomic E-state index is 10.1. The van der Waals surface area contributed by atoms with Crippen molar-refractivity contribution < 1.29 is 5.11 Å². The third-order valence-electron chi connectivity index (χ3n) is 4.20. The third kappa shape index (κ3) is 1.52. The van der Waals surface area contributed by atoms with Crippen LogP contribution in [0.3, 0.4) is 0 Å². The quantitative estimate of drug-likeness (QED) is 0.670. The molecule has 1 nitrogen and oxygen atoms in total. The van der Waals surface area contributed by atoms with E-state index >= 15 is 0 Å². The van der Waals surface area contributed by atoms with Gasteiger partial charge < -0.3 is 5.11 Å². The van der Waals surface area contributed by atoms with Crippen LogP contribution in [-0.2, 0) is 0 Å². The number of aliphatic hydroxyl groups is 1. The Hall–Kier alpha value is -0.300. The van der Waals surface area contributed by atoms with Crippen molar-refractivity contribution in [3.63, 3.8) is 0 Å². The lowest BCUT2D eigenvalue weighted by Crippen LogP contribution is -2.30. The van der Waals surface area contributed by atoms with E-state index < -0.39 is 0 Å². The van der Waals surface area contributed by atoms with Gasteiger partial charge in [0.2, 0.25) is 0 Å². The van der Waals surface area contributed by atoms with Crippen LogP contribution >= 0.6 is 0 Å². The lowest BCUT2D eigenvalue weighted by atomic mass is 9.78. The summed E-state index contributed by atoms with van der Waals surface area (Å²) >= 11 is 0. The Balaban J connectivity index is 2.10. The highest BCUT2D eigenvalue weighted by Gasteiger charge is 2.45. The minimum Gasteiger partial charge on any atom is -0.393 e. The van der Waals surface area contributed by atoms with Crippen LogP contribution < -0.4 is 0 Å². The Morgan fingerprint density at radius 3 is 2.57 bits per heavy atom. The fourth-order valence-electron chi connectivity index (χ4n) is 3.46. The van der Waals surface area contributed by atoms with Crippen LogP contribution in [0.2, 0.25) is 0 Å². The Morgan fingerprint density at radius 1 is 1.36 bits per heavy atom. The summed E-state index contributed by atoms with van der Waals surface area (Å²) in [5, 5.41) is 10.1. The van der Waals surface area contributed by atoms with E-state index in [-0.39, 0.29) is 6.10 Å². The minimum atomic E-state index is -0.0831. The fraction of sp³-hybridized carbons (Fsp3) is 0.846. The van der Waals surface area contributed by atoms with Crippen LogP contribution in [-0.4, -0.2) is 11.2 Å². The second-order valence-corrected chi connectivity index (χ2v) is 5.41. The highest BCUT2D eigenvalue weighted by molar-refractivity contribution is 5.19. The average Bonchev–Trinajstić information content (AvgIpc) is 2.74. The number of hydrogen-bond donors (Lipinski definition) is 1. The Bertz CT molecular complexity index is 242. The van der Waals surface area contributed by atoms with Gasteiger partial charge in [-0.2, -0.15) is 0 Å². The highest BCUT2D eigenvalue weighted by Crippen LogP contribution is 2.53. The summed E-state index contributed by atoms with van der Waals surface area (Å²) in [5.41, 5.74) is 1.62. The van der Waals surface area contributed by atoms with E-state index in [1.54, 1.807) is 5.57 Å². The minimum absolute atomic E-state index is 0.0831. The van der Waals surface area contributed by atoms with Crippen molar-refractivity contribution in [2.45, 2.75) is 46.1 Å². The highest BCUT2D eigenvalue weighted by atomic mass is 16.3. The Labute approximate surface area is 87.2 Å². The molecule has 2 bridgehead atoms. The molecule has 2 aliphatic carbocycles. The van der Waals surface area contributed by atoms with Crippen molar-refractivity contribution in [3.8, 4) is 0 Å². The predicted molar refractivity (Wildman–Crippen MR) is 58.9 cm³/mol. The summed E-state index contributed by atoms with van der Waals surface area (Å²) in [6.45, 7) is 6.41. The first-order valence-corrected chi connectivity index (χ1v) is 5.96. The van der Waals surface area contributed by atoms with Gasteiger partial charge in [-0.05, 0) is 49.9 Å². The molecular formula is C13H22O. The molecule has 2 saturated carbocycles. The standard InChI is InChI=1S/C13H22O/c1-4-10-5-9-6-11(10)12(7-9)13(14)8(2)3/h4,8-9,11-14H,5-7H2,1-3H3/t9?,11-,12?,13?/m0/s1. The number of allylic oxidation sites excluding steroid dienone is 2. The van der Waals surface area contributed by atoms with Crippen molar-refractivity contribution in [2.24, 2.45) is 23.7 Å². The van der Waals surface area contributed by atoms with E-state index in [1.165, 1.54) is 19.3 Å². The van der Waals surface area contributed by atoms with Gasteiger partial charge in [0, 0.05) is 0 Å². The lowest BCUT2D eigenvalue weighted by Gasteiger charge is -2.30. The molecule has 80 valence electrons. The van der Waals surface area contributed by atoms with Gasteiger partial charge in [0.05, 0.1) is 6.10 Å². The van der Waals surface area contributed by atoms with Crippen molar-refractivity contribution in [1.29, 1.82) is 0 Å². The average molecular weight is 194 g/mol. The topological polar surface area (TPSA) is 20.2 Å². The van der Waals surface area contributed by atoms with Crippen LogP contribution in [0, 0.1) is 23.7 Å². The Morgan fingerprint density at radius 2 is 2.07 bits per heavy atom. The zero-order valence-electron chi connectivity index (χ0n) is 9.53. The molecular weight excluding hydrogens is 172 g/mol. The van der Waals surface area contributed by atoms with Gasteiger partial charge in [0.1, 0.15) is 0 Å². The first-order chi connectivity index (χ1) is 6.63. The second kappa shape index (κ2) is 3.69. The number of hydrogen-bond acceptors (Lipinski definition) is 1. The maximum Gasteiger partial charge on any atom is 0.0597 e. The zero-order chi connectivity index (χ0) is 10.3. The molecule has 0 heterocycles. The van der Waals surface area contributed by atoms with Gasteiger partial charge in [0.15, 0.2) is 0 Å². The smallest absolute Gasteiger partial charge is 0.0597 e. The molecule has 3 unspecified atom stereocenters. The lowest BCUT2D eigenvalue weighted by molar-refractivity contribution is 0.0473. The molecule has 4 atom stereocenters. The zero-order valence-corrected chi connectivity index (χ0v) is 9.53. The third-order valence-corrected chi connectivity index (χ3v) is 4.20. The molecule has 1 N–H and O–H groups in total. The number of fused-ring (bicyclic) bond motifs is 2. The summed E-state index contributed by atoms with van der Waals surface area (Å²) in [4.78, 5) is 0. The number of rotatable bonds is 2. The van der Waals surface area contributed by atoms with Crippen molar-refractivity contribution in [1.82, 2.24) is 0 Å². The molecule has 2 rings (SSSR count). The molecule has 0 aliphatic heterocycles. The molecule has 0 radical (unpaired) electrons. The van der Waals surface area contributed by atoms with Crippen molar-refractivity contribution in [2.75, 3.05) is 0 Å². The van der Waals surface area contributed by atoms with Crippen molar-refractivity contribution >= 4 is 0 Å². The molecule has 0 aromatic rings. The monoisotopic (exact) mass is 194 g/mol. The van der Waals surface area contributed by atoms with Gasteiger partial charge in [-0.25, -0.2) is 0 Å². The molecule has 2 aliphatic rings. The molecule has 0 aromatic carbocycles. The molecule has 14 heavy (non-hydrogen) atoms. The summed E-state index contributed by atoms with van der Waals surface area (Å²) in [5.74, 6) is 2.56. The van der Waals surface area contributed by atoms with E-state index in [1.807, 2.05) is 0 Å². The van der Waals surface area contributed by atoms with Crippen LogP contribution in [0.25, 0.3) is 0 Å². The van der Waals surface area contributed by atoms with Gasteiger partial charge in [-0.1, -0.05) is 25.5 Å². The first-order valence-electron chi connectivity index (χ1n) is 5.96. The van der Waals surface area contributed by atoms with Gasteiger partial charge in [0.25, 0.3) is 0 Å². The predicted octanol–water partition coefficient (Wildman–Crippen LogP) is 3.00. The van der Waals surface area contributed by atoms with Crippen LogP contribution in [0.5, 0.6) is 0 Å². The van der Waals surface area contributed by atoms with Gasteiger partial charge in [-0.15, -0.1) is 0 Å². The van der Waals surface area contributed by atoms with E-state index in [4.69, 9.17) is 0 Å². The largest absolute Gasteiger partial charge is 0.393 e. The van der Waals surface area contributed by atoms with Crippen LogP contribution in [0.15, 0.2) is 11.6 Å². The van der Waals surface area contributed by atoms with Gasteiger partial charge in [-0.3, -0.25) is 0 Å². The van der Waals surface area contributed by atoms with Crippen LogP contribution in [0.4, 0.5) is 0 Å². The second-order valence-electron chi connectivity index (χ2n) is 5.41. The van der Waals surface area contributed by atoms with Gasteiger partial charge >= 0.3 is 0 Å². The maximum absolute atomic E-state index is 10.1. The molecule has 0 saturated heterocycles. The van der Waals surface area contributed by atoms with E-state index in [2.05, 4.69) is 26.8 Å². The van der Waals surface area contributed by atoms with E-state index in [9.17, 15) is 5.11 Å². The van der Waals surface area contributed by atoms with E-state index in [0.29, 0.717) is 17.8 Å². The van der Waals surface area contributed by atoms with Crippen molar-refractivity contribution in [3.05, 3.63) is 11.6 Å². The summed E-state index contributed by atoms with van der Waals surface area (Å²) < 4.78 is 0. The molecule has 0 amide bonds. The summed E-state index contributed by atoms with van der Waals surface area (Å²) in [6.07, 6.45) is 6.11. The number of aliphatic hydroxyl groups excluding tert-OH is 1. The molecule has 1 heteroatoms. The SMILES string of the molecule is CC=C1CC2CC(C(O)C(C)C)[C@H]1C2. The molecule has 0 aromatic heterocycles. The first kappa shape index (κ1) is 10.2. The summed E-state index contributed by atoms with van der Waals surface area (Å²) in [6, 6.07) is 0.